The Kier molecular flexibility index (Phi) is 1.30. The number of rotatable bonds is 0. The van der Waals surface area contributed by atoms with Gasteiger partial charge in [0.1, 0.15) is 0 Å². The minimum Gasteiger partial charge on any atom is -0.326 e. The van der Waals surface area contributed by atoms with E-state index in [0.717, 1.165) is 11.2 Å². The Labute approximate surface area is 68.8 Å². The van der Waals surface area contributed by atoms with Crippen LogP contribution in [0.5, 0.6) is 0 Å². The number of hydrogen-bond acceptors (Lipinski definition) is 2. The molecule has 0 aliphatic heterocycles. The standard InChI is InChI=1S/C8H9N3O/c1-5-3-7-6(8(12)10-5)4-9-11(7)2/h3-4H,1-2H3,(H,10,12). The molecule has 0 fully saturated rings. The van der Waals surface area contributed by atoms with Crippen LogP contribution >= 0.6 is 0 Å². The van der Waals surface area contributed by atoms with Gasteiger partial charge in [0.15, 0.2) is 0 Å². The molecule has 0 spiro atoms. The van der Waals surface area contributed by atoms with E-state index < -0.39 is 0 Å². The number of aromatic amines is 1. The second kappa shape index (κ2) is 2.20. The maximum Gasteiger partial charge on any atom is 0.259 e. The number of nitrogens with zero attached hydrogens (tertiary/aromatic N) is 2. The van der Waals surface area contributed by atoms with Crippen LogP contribution < -0.4 is 5.56 Å². The van der Waals surface area contributed by atoms with Crippen molar-refractivity contribution < 1.29 is 0 Å². The first-order chi connectivity index (χ1) is 5.68. The molecule has 0 bridgehead atoms. The molecule has 0 aliphatic rings. The van der Waals surface area contributed by atoms with E-state index in [2.05, 4.69) is 10.1 Å². The molecule has 0 saturated heterocycles. The lowest BCUT2D eigenvalue weighted by molar-refractivity contribution is 0.796. The van der Waals surface area contributed by atoms with Crippen molar-refractivity contribution in [3.63, 3.8) is 0 Å². The summed E-state index contributed by atoms with van der Waals surface area (Å²) in [5, 5.41) is 4.64. The van der Waals surface area contributed by atoms with E-state index in [1.54, 1.807) is 10.9 Å². The highest BCUT2D eigenvalue weighted by Crippen LogP contribution is 2.07. The number of aryl methyl sites for hydroxylation is 2. The molecule has 2 aromatic rings. The molecule has 0 atom stereocenters. The average Bonchev–Trinajstić information content (AvgIpc) is 2.33. The molecule has 1 N–H and O–H groups in total. The number of hydrogen-bond donors (Lipinski definition) is 1. The maximum absolute atomic E-state index is 11.3. The van der Waals surface area contributed by atoms with Crippen LogP contribution in [0.4, 0.5) is 0 Å². The largest absolute Gasteiger partial charge is 0.326 e. The smallest absolute Gasteiger partial charge is 0.259 e. The lowest BCUT2D eigenvalue weighted by atomic mass is 10.3. The third-order valence-corrected chi connectivity index (χ3v) is 1.89. The second-order valence-electron chi connectivity index (χ2n) is 2.85. The number of fused-ring (bicyclic) bond motifs is 1. The van der Waals surface area contributed by atoms with Gasteiger partial charge in [0.25, 0.3) is 5.56 Å². The Morgan fingerprint density at radius 3 is 3.08 bits per heavy atom. The van der Waals surface area contributed by atoms with Crippen LogP contribution in [-0.4, -0.2) is 14.8 Å². The number of H-pyrrole nitrogens is 1. The highest BCUT2D eigenvalue weighted by molar-refractivity contribution is 5.77. The highest BCUT2D eigenvalue weighted by Gasteiger charge is 2.02. The van der Waals surface area contributed by atoms with Crippen LogP contribution in [0.3, 0.4) is 0 Å². The summed E-state index contributed by atoms with van der Waals surface area (Å²) in [5.41, 5.74) is 1.66. The Morgan fingerprint density at radius 1 is 1.58 bits per heavy atom. The second-order valence-corrected chi connectivity index (χ2v) is 2.85. The molecule has 0 saturated carbocycles. The van der Waals surface area contributed by atoms with Crippen molar-refractivity contribution in [3.05, 3.63) is 28.3 Å². The summed E-state index contributed by atoms with van der Waals surface area (Å²) in [4.78, 5) is 14.0. The van der Waals surface area contributed by atoms with Gasteiger partial charge in [-0.15, -0.1) is 0 Å². The van der Waals surface area contributed by atoms with E-state index in [1.807, 2.05) is 20.0 Å². The summed E-state index contributed by atoms with van der Waals surface area (Å²) < 4.78 is 1.69. The normalized spacial score (nSPS) is 10.8. The molecule has 0 radical (unpaired) electrons. The zero-order valence-corrected chi connectivity index (χ0v) is 6.96. The lowest BCUT2D eigenvalue weighted by Gasteiger charge is -1.94. The Hall–Kier alpha value is -1.58. The first kappa shape index (κ1) is 7.09. The molecule has 2 aromatic heterocycles. The predicted molar refractivity (Wildman–Crippen MR) is 46.1 cm³/mol. The van der Waals surface area contributed by atoms with Gasteiger partial charge in [0.05, 0.1) is 17.1 Å². The number of nitrogens with one attached hydrogen (secondary N) is 1. The van der Waals surface area contributed by atoms with Crippen LogP contribution in [0.1, 0.15) is 5.69 Å². The summed E-state index contributed by atoms with van der Waals surface area (Å²) in [5.74, 6) is 0. The first-order valence-corrected chi connectivity index (χ1v) is 3.70. The van der Waals surface area contributed by atoms with Gasteiger partial charge in [-0.3, -0.25) is 9.48 Å². The van der Waals surface area contributed by atoms with Gasteiger partial charge in [-0.05, 0) is 13.0 Å². The molecular weight excluding hydrogens is 154 g/mol. The lowest BCUT2D eigenvalue weighted by Crippen LogP contribution is -2.06. The molecule has 0 amide bonds. The number of pyridine rings is 1. The summed E-state index contributed by atoms with van der Waals surface area (Å²) >= 11 is 0. The summed E-state index contributed by atoms with van der Waals surface area (Å²) in [6.45, 7) is 1.86. The third kappa shape index (κ3) is 0.845. The van der Waals surface area contributed by atoms with Crippen molar-refractivity contribution in [1.29, 1.82) is 0 Å². The van der Waals surface area contributed by atoms with Crippen LogP contribution in [0, 0.1) is 6.92 Å². The third-order valence-electron chi connectivity index (χ3n) is 1.89. The Morgan fingerprint density at radius 2 is 2.33 bits per heavy atom. The van der Waals surface area contributed by atoms with Crippen molar-refractivity contribution in [2.75, 3.05) is 0 Å². The van der Waals surface area contributed by atoms with Gasteiger partial charge < -0.3 is 4.98 Å². The molecule has 2 rings (SSSR count). The molecule has 2 heterocycles. The van der Waals surface area contributed by atoms with Gasteiger partial charge in [-0.1, -0.05) is 0 Å². The highest BCUT2D eigenvalue weighted by atomic mass is 16.1. The maximum atomic E-state index is 11.3. The van der Waals surface area contributed by atoms with Crippen molar-refractivity contribution >= 4 is 10.9 Å². The van der Waals surface area contributed by atoms with Gasteiger partial charge >= 0.3 is 0 Å². The van der Waals surface area contributed by atoms with Crippen LogP contribution in [0.15, 0.2) is 17.1 Å². The van der Waals surface area contributed by atoms with E-state index in [0.29, 0.717) is 5.39 Å². The van der Waals surface area contributed by atoms with E-state index in [-0.39, 0.29) is 5.56 Å². The van der Waals surface area contributed by atoms with Gasteiger partial charge in [-0.2, -0.15) is 5.10 Å². The van der Waals surface area contributed by atoms with Crippen LogP contribution in [0.25, 0.3) is 10.9 Å². The van der Waals surface area contributed by atoms with Crippen LogP contribution in [0.2, 0.25) is 0 Å². The van der Waals surface area contributed by atoms with Crippen molar-refractivity contribution in [2.24, 2.45) is 7.05 Å². The minimum absolute atomic E-state index is 0.0712. The Bertz CT molecular complexity index is 480. The van der Waals surface area contributed by atoms with Crippen molar-refractivity contribution in [1.82, 2.24) is 14.8 Å². The average molecular weight is 163 g/mol. The van der Waals surface area contributed by atoms with Crippen molar-refractivity contribution in [3.8, 4) is 0 Å². The first-order valence-electron chi connectivity index (χ1n) is 3.70. The fourth-order valence-corrected chi connectivity index (χ4v) is 1.28. The number of aromatic nitrogens is 3. The van der Waals surface area contributed by atoms with E-state index in [1.165, 1.54) is 0 Å². The molecule has 62 valence electrons. The van der Waals surface area contributed by atoms with E-state index >= 15 is 0 Å². The van der Waals surface area contributed by atoms with Gasteiger partial charge in [0.2, 0.25) is 0 Å². The van der Waals surface area contributed by atoms with Gasteiger partial charge in [-0.25, -0.2) is 0 Å². The fourth-order valence-electron chi connectivity index (χ4n) is 1.28. The van der Waals surface area contributed by atoms with Gasteiger partial charge in [0, 0.05) is 12.7 Å². The molecule has 4 nitrogen and oxygen atoms in total. The SMILES string of the molecule is Cc1cc2c(cnn2C)c(=O)[nH]1. The molecule has 0 aromatic carbocycles. The quantitative estimate of drug-likeness (QED) is 0.617. The zero-order chi connectivity index (χ0) is 8.72. The molecule has 12 heavy (non-hydrogen) atoms. The molecule has 0 unspecified atom stereocenters. The summed E-state index contributed by atoms with van der Waals surface area (Å²) in [6, 6.07) is 1.91. The monoisotopic (exact) mass is 163 g/mol. The topological polar surface area (TPSA) is 50.7 Å². The molecule has 4 heteroatoms. The molecule has 0 aliphatic carbocycles. The molecular formula is C8H9N3O. The van der Waals surface area contributed by atoms with E-state index in [4.69, 9.17) is 0 Å². The van der Waals surface area contributed by atoms with E-state index in [9.17, 15) is 4.79 Å². The minimum atomic E-state index is -0.0712. The predicted octanol–water partition coefficient (Wildman–Crippen LogP) is 0.570. The zero-order valence-electron chi connectivity index (χ0n) is 6.96. The van der Waals surface area contributed by atoms with Crippen LogP contribution in [-0.2, 0) is 7.05 Å². The summed E-state index contributed by atoms with van der Waals surface area (Å²) in [6.07, 6.45) is 1.58. The summed E-state index contributed by atoms with van der Waals surface area (Å²) in [7, 11) is 1.82. The van der Waals surface area contributed by atoms with Crippen molar-refractivity contribution in [2.45, 2.75) is 6.92 Å². The fraction of sp³-hybridized carbons (Fsp3) is 0.250. The Balaban J connectivity index is 3.03.